The van der Waals surface area contributed by atoms with Crippen LogP contribution in [0.3, 0.4) is 0 Å². The van der Waals surface area contributed by atoms with E-state index in [9.17, 15) is 14.7 Å². The van der Waals surface area contributed by atoms with Crippen LogP contribution in [0, 0.1) is 6.92 Å². The number of aryl methyl sites for hydroxylation is 1. The van der Waals surface area contributed by atoms with Gasteiger partial charge in [-0.05, 0) is 78.3 Å². The average Bonchev–Trinajstić information content (AvgIpc) is 3.37. The number of ketones is 1. The van der Waals surface area contributed by atoms with Gasteiger partial charge in [-0.1, -0.05) is 36.4 Å². The molecule has 3 aromatic carbocycles. The van der Waals surface area contributed by atoms with Gasteiger partial charge in [-0.15, -0.1) is 0 Å². The monoisotopic (exact) mass is 483 g/mol. The number of rotatable bonds is 6. The summed E-state index contributed by atoms with van der Waals surface area (Å²) in [5, 5.41) is 9.73. The Balaban J connectivity index is 1.20. The van der Waals surface area contributed by atoms with E-state index in [0.717, 1.165) is 46.4 Å². The molecule has 3 aliphatic rings. The molecule has 2 aliphatic heterocycles. The molecule has 1 amide bonds. The Bertz CT molecular complexity index is 1340. The van der Waals surface area contributed by atoms with Gasteiger partial charge in [-0.2, -0.15) is 0 Å². The number of carbonyl (C=O) groups is 2. The first-order valence-corrected chi connectivity index (χ1v) is 12.5. The molecular formula is C30H29NO5. The number of ether oxygens (including phenoxy) is 2. The summed E-state index contributed by atoms with van der Waals surface area (Å²) >= 11 is 0. The third-order valence-electron chi connectivity index (χ3n) is 7.77. The van der Waals surface area contributed by atoms with Gasteiger partial charge >= 0.3 is 0 Å². The number of fused-ring (bicyclic) bond motifs is 1. The van der Waals surface area contributed by atoms with Crippen molar-refractivity contribution in [3.63, 3.8) is 0 Å². The van der Waals surface area contributed by atoms with E-state index < -0.39 is 11.5 Å². The number of carbonyl (C=O) groups excluding carboxylic acids is 2. The maximum Gasteiger partial charge on any atom is 0.253 e. The van der Waals surface area contributed by atoms with Crippen molar-refractivity contribution in [2.75, 3.05) is 19.9 Å². The second-order valence-corrected chi connectivity index (χ2v) is 10.2. The summed E-state index contributed by atoms with van der Waals surface area (Å²) in [5.74, 6) is 1.63. The largest absolute Gasteiger partial charge is 0.454 e. The van der Waals surface area contributed by atoms with Gasteiger partial charge in [0.1, 0.15) is 5.78 Å². The summed E-state index contributed by atoms with van der Waals surface area (Å²) in [6, 6.07) is 19.6. The molecule has 0 unspecified atom stereocenters. The second kappa shape index (κ2) is 8.79. The summed E-state index contributed by atoms with van der Waals surface area (Å²) in [6.45, 7) is 3.26. The normalized spacial score (nSPS) is 19.4. The van der Waals surface area contributed by atoms with E-state index in [0.29, 0.717) is 37.2 Å². The molecule has 2 fully saturated rings. The van der Waals surface area contributed by atoms with Crippen LogP contribution < -0.4 is 9.47 Å². The van der Waals surface area contributed by atoms with Gasteiger partial charge < -0.3 is 19.5 Å². The Hall–Kier alpha value is -3.64. The summed E-state index contributed by atoms with van der Waals surface area (Å²) in [7, 11) is 0. The van der Waals surface area contributed by atoms with Crippen molar-refractivity contribution in [1.29, 1.82) is 0 Å². The van der Waals surface area contributed by atoms with Crippen LogP contribution in [-0.4, -0.2) is 47.7 Å². The van der Waals surface area contributed by atoms with Crippen molar-refractivity contribution >= 4 is 11.7 Å². The number of hydrogen-bond acceptors (Lipinski definition) is 5. The highest BCUT2D eigenvalue weighted by Crippen LogP contribution is 2.51. The third-order valence-corrected chi connectivity index (χ3v) is 7.77. The molecule has 1 atom stereocenters. The van der Waals surface area contributed by atoms with Crippen molar-refractivity contribution in [2.24, 2.45) is 0 Å². The van der Waals surface area contributed by atoms with Gasteiger partial charge in [0.15, 0.2) is 11.5 Å². The van der Waals surface area contributed by atoms with Crippen LogP contribution in [-0.2, 0) is 16.6 Å². The van der Waals surface area contributed by atoms with Crippen molar-refractivity contribution < 1.29 is 24.2 Å². The van der Waals surface area contributed by atoms with E-state index in [-0.39, 0.29) is 18.5 Å². The molecule has 1 aliphatic carbocycles. The summed E-state index contributed by atoms with van der Waals surface area (Å²) < 4.78 is 10.9. The minimum atomic E-state index is -0.433. The van der Waals surface area contributed by atoms with E-state index >= 15 is 0 Å². The first-order valence-electron chi connectivity index (χ1n) is 12.5. The molecule has 1 N–H and O–H groups in total. The maximum absolute atomic E-state index is 13.5. The number of aliphatic hydroxyl groups excluding tert-OH is 1. The Morgan fingerprint density at radius 3 is 2.50 bits per heavy atom. The SMILES string of the molecule is Cc1ccc(CC(=O)C2(c3ccc4c(c3)OCO4)CC2)cc1-c1ccc(C(=O)N2CC[C@@H](O)C2)cc1. The van der Waals surface area contributed by atoms with Gasteiger partial charge in [-0.25, -0.2) is 0 Å². The maximum atomic E-state index is 13.5. The van der Waals surface area contributed by atoms with Crippen LogP contribution in [0.15, 0.2) is 60.7 Å². The lowest BCUT2D eigenvalue weighted by Gasteiger charge is -2.17. The van der Waals surface area contributed by atoms with Gasteiger partial charge in [0.2, 0.25) is 6.79 Å². The number of nitrogens with zero attached hydrogens (tertiary/aromatic N) is 1. The first kappa shape index (κ1) is 22.8. The Kier molecular flexibility index (Phi) is 5.56. The molecule has 1 saturated carbocycles. The number of amides is 1. The van der Waals surface area contributed by atoms with E-state index in [2.05, 4.69) is 19.1 Å². The summed E-state index contributed by atoms with van der Waals surface area (Å²) in [4.78, 5) is 27.9. The van der Waals surface area contributed by atoms with E-state index in [1.165, 1.54) is 0 Å². The number of β-amino-alcohol motifs (C(OH)–C–C–N with tert-alkyl or cyclic N) is 1. The lowest BCUT2D eigenvalue weighted by atomic mass is 9.87. The molecule has 36 heavy (non-hydrogen) atoms. The van der Waals surface area contributed by atoms with E-state index in [1.807, 2.05) is 48.5 Å². The van der Waals surface area contributed by atoms with Crippen LogP contribution in [0.2, 0.25) is 0 Å². The smallest absolute Gasteiger partial charge is 0.253 e. The lowest BCUT2D eigenvalue weighted by Crippen LogP contribution is -2.29. The number of hydrogen-bond donors (Lipinski definition) is 1. The fraction of sp³-hybridized carbons (Fsp3) is 0.333. The lowest BCUT2D eigenvalue weighted by molar-refractivity contribution is -0.120. The molecule has 2 heterocycles. The Morgan fingerprint density at radius 1 is 1.00 bits per heavy atom. The minimum Gasteiger partial charge on any atom is -0.454 e. The molecule has 0 aromatic heterocycles. The zero-order valence-corrected chi connectivity index (χ0v) is 20.3. The van der Waals surface area contributed by atoms with Crippen LogP contribution >= 0.6 is 0 Å². The van der Waals surface area contributed by atoms with Crippen LogP contribution in [0.25, 0.3) is 11.1 Å². The highest BCUT2D eigenvalue weighted by molar-refractivity contribution is 5.96. The predicted octanol–water partition coefficient (Wildman–Crippen LogP) is 4.44. The van der Waals surface area contributed by atoms with Crippen LogP contribution in [0.1, 0.15) is 46.3 Å². The third kappa shape index (κ3) is 4.05. The van der Waals surface area contributed by atoms with Gasteiger partial charge in [0, 0.05) is 25.1 Å². The van der Waals surface area contributed by atoms with Crippen molar-refractivity contribution in [3.8, 4) is 22.6 Å². The number of aliphatic hydroxyl groups is 1. The molecule has 6 rings (SSSR count). The average molecular weight is 484 g/mol. The summed E-state index contributed by atoms with van der Waals surface area (Å²) in [5.41, 5.74) is 5.37. The van der Waals surface area contributed by atoms with Crippen molar-refractivity contribution in [3.05, 3.63) is 82.9 Å². The quantitative estimate of drug-likeness (QED) is 0.561. The standard InChI is InChI=1S/C30H29NO5/c1-19-2-3-20(15-28(33)30(11-12-30)23-8-9-26-27(16-23)36-18-35-26)14-25(19)21-4-6-22(7-5-21)29(34)31-13-10-24(32)17-31/h2-9,14,16,24,32H,10-13,15,17-18H2,1H3/t24-/m1/s1. The zero-order valence-electron chi connectivity index (χ0n) is 20.3. The molecule has 1 saturated heterocycles. The minimum absolute atomic E-state index is 0.0487. The number of likely N-dealkylation sites (tertiary alicyclic amines) is 1. The van der Waals surface area contributed by atoms with E-state index in [4.69, 9.17) is 9.47 Å². The fourth-order valence-corrected chi connectivity index (χ4v) is 5.39. The first-order chi connectivity index (χ1) is 17.4. The molecule has 0 radical (unpaired) electrons. The van der Waals surface area contributed by atoms with Crippen molar-refractivity contribution in [1.82, 2.24) is 4.90 Å². The highest BCUT2D eigenvalue weighted by Gasteiger charge is 2.50. The predicted molar refractivity (Wildman–Crippen MR) is 135 cm³/mol. The van der Waals surface area contributed by atoms with Gasteiger partial charge in [0.25, 0.3) is 5.91 Å². The molecular weight excluding hydrogens is 454 g/mol. The van der Waals surface area contributed by atoms with Crippen molar-refractivity contribution in [2.45, 2.75) is 44.1 Å². The second-order valence-electron chi connectivity index (χ2n) is 10.2. The molecule has 6 nitrogen and oxygen atoms in total. The van der Waals surface area contributed by atoms with Gasteiger partial charge in [-0.3, -0.25) is 9.59 Å². The van der Waals surface area contributed by atoms with E-state index in [1.54, 1.807) is 4.90 Å². The summed E-state index contributed by atoms with van der Waals surface area (Å²) in [6.07, 6.45) is 2.28. The zero-order chi connectivity index (χ0) is 24.9. The molecule has 0 bridgehead atoms. The van der Waals surface area contributed by atoms with Crippen LogP contribution in [0.5, 0.6) is 11.5 Å². The Labute approximate surface area is 210 Å². The Morgan fingerprint density at radius 2 is 1.78 bits per heavy atom. The topological polar surface area (TPSA) is 76.1 Å². The highest BCUT2D eigenvalue weighted by atomic mass is 16.7. The molecule has 3 aromatic rings. The molecule has 184 valence electrons. The number of benzene rings is 3. The van der Waals surface area contributed by atoms with Crippen LogP contribution in [0.4, 0.5) is 0 Å². The molecule has 6 heteroatoms. The van der Waals surface area contributed by atoms with Gasteiger partial charge in [0.05, 0.1) is 11.5 Å². The number of Topliss-reactive ketones (excluding diaryl/α,β-unsaturated/α-hetero) is 1. The fourth-order valence-electron chi connectivity index (χ4n) is 5.39. The molecule has 0 spiro atoms.